The van der Waals surface area contributed by atoms with Crippen molar-refractivity contribution in [3.63, 3.8) is 0 Å². The van der Waals surface area contributed by atoms with Crippen LogP contribution in [0.3, 0.4) is 0 Å². The van der Waals surface area contributed by atoms with E-state index in [0.29, 0.717) is 5.82 Å². The molecule has 0 saturated carbocycles. The van der Waals surface area contributed by atoms with Gasteiger partial charge in [0.1, 0.15) is 11.6 Å². The lowest BCUT2D eigenvalue weighted by molar-refractivity contribution is 0.0947. The van der Waals surface area contributed by atoms with Crippen LogP contribution in [0.2, 0.25) is 0 Å². The SMILES string of the molecule is O=C(NCc1nc2ccccc2[nH]1)c1cc(I)ccc1O. The number of aromatic hydroxyl groups is 1. The van der Waals surface area contributed by atoms with Crippen molar-refractivity contribution < 1.29 is 9.90 Å². The zero-order chi connectivity index (χ0) is 14.8. The number of imidazole rings is 1. The number of aromatic nitrogens is 2. The number of hydrogen-bond acceptors (Lipinski definition) is 3. The normalized spacial score (nSPS) is 10.7. The molecule has 0 atom stereocenters. The number of rotatable bonds is 3. The maximum absolute atomic E-state index is 12.1. The van der Waals surface area contributed by atoms with Gasteiger partial charge in [-0.15, -0.1) is 0 Å². The van der Waals surface area contributed by atoms with E-state index in [-0.39, 0.29) is 23.8 Å². The smallest absolute Gasteiger partial charge is 0.255 e. The van der Waals surface area contributed by atoms with Crippen molar-refractivity contribution in [1.29, 1.82) is 0 Å². The lowest BCUT2D eigenvalue weighted by Crippen LogP contribution is -2.23. The molecular weight excluding hydrogens is 381 g/mol. The van der Waals surface area contributed by atoms with Crippen LogP contribution >= 0.6 is 22.6 Å². The Bertz CT molecular complexity index is 781. The largest absolute Gasteiger partial charge is 0.507 e. The molecule has 2 aromatic carbocycles. The first-order valence-corrected chi connectivity index (χ1v) is 7.42. The second-order valence-corrected chi connectivity index (χ2v) is 5.79. The quantitative estimate of drug-likeness (QED) is 0.599. The molecule has 0 spiro atoms. The van der Waals surface area contributed by atoms with Crippen molar-refractivity contribution in [2.45, 2.75) is 6.54 Å². The summed E-state index contributed by atoms with van der Waals surface area (Å²) >= 11 is 2.10. The van der Waals surface area contributed by atoms with Gasteiger partial charge in [0.2, 0.25) is 0 Å². The molecule has 1 amide bonds. The fourth-order valence-electron chi connectivity index (χ4n) is 2.04. The number of phenols is 1. The van der Waals surface area contributed by atoms with E-state index in [1.807, 2.05) is 24.3 Å². The molecule has 0 radical (unpaired) electrons. The molecule has 106 valence electrons. The van der Waals surface area contributed by atoms with E-state index >= 15 is 0 Å². The lowest BCUT2D eigenvalue weighted by Gasteiger charge is -2.06. The van der Waals surface area contributed by atoms with Crippen molar-refractivity contribution in [2.75, 3.05) is 0 Å². The number of carbonyl (C=O) groups excluding carboxylic acids is 1. The number of para-hydroxylation sites is 2. The van der Waals surface area contributed by atoms with Crippen LogP contribution in [-0.4, -0.2) is 21.0 Å². The summed E-state index contributed by atoms with van der Waals surface area (Å²) in [6.07, 6.45) is 0. The first-order valence-electron chi connectivity index (χ1n) is 6.34. The highest BCUT2D eigenvalue weighted by atomic mass is 127. The Morgan fingerprint density at radius 3 is 2.90 bits per heavy atom. The maximum Gasteiger partial charge on any atom is 0.255 e. The number of fused-ring (bicyclic) bond motifs is 1. The molecular formula is C15H12IN3O2. The van der Waals surface area contributed by atoms with Crippen LogP contribution in [0.1, 0.15) is 16.2 Å². The van der Waals surface area contributed by atoms with E-state index < -0.39 is 0 Å². The molecule has 0 aliphatic heterocycles. The van der Waals surface area contributed by atoms with Crippen LogP contribution in [0.4, 0.5) is 0 Å². The highest BCUT2D eigenvalue weighted by Gasteiger charge is 2.12. The summed E-state index contributed by atoms with van der Waals surface area (Å²) in [6, 6.07) is 12.6. The van der Waals surface area contributed by atoms with Gasteiger partial charge < -0.3 is 15.4 Å². The van der Waals surface area contributed by atoms with Crippen molar-refractivity contribution in [3.8, 4) is 5.75 Å². The number of H-pyrrole nitrogens is 1. The van der Waals surface area contributed by atoms with Crippen LogP contribution in [0.5, 0.6) is 5.75 Å². The molecule has 1 heterocycles. The predicted octanol–water partition coefficient (Wildman–Crippen LogP) is 2.80. The van der Waals surface area contributed by atoms with Gasteiger partial charge in [0.15, 0.2) is 0 Å². The van der Waals surface area contributed by atoms with E-state index in [2.05, 4.69) is 37.9 Å². The Balaban J connectivity index is 1.74. The molecule has 0 saturated heterocycles. The third-order valence-corrected chi connectivity index (χ3v) is 3.73. The summed E-state index contributed by atoms with van der Waals surface area (Å²) in [7, 11) is 0. The summed E-state index contributed by atoms with van der Waals surface area (Å²) in [6.45, 7) is 0.276. The minimum Gasteiger partial charge on any atom is -0.507 e. The van der Waals surface area contributed by atoms with E-state index in [0.717, 1.165) is 14.6 Å². The van der Waals surface area contributed by atoms with Crippen LogP contribution in [0.25, 0.3) is 11.0 Å². The zero-order valence-corrected chi connectivity index (χ0v) is 13.1. The molecule has 3 rings (SSSR count). The van der Waals surface area contributed by atoms with Gasteiger partial charge in [0.25, 0.3) is 5.91 Å². The second-order valence-electron chi connectivity index (χ2n) is 4.54. The third-order valence-electron chi connectivity index (χ3n) is 3.06. The molecule has 0 aliphatic carbocycles. The molecule has 1 aromatic heterocycles. The Morgan fingerprint density at radius 2 is 2.10 bits per heavy atom. The summed E-state index contributed by atoms with van der Waals surface area (Å²) in [4.78, 5) is 19.6. The van der Waals surface area contributed by atoms with Crippen molar-refractivity contribution in [1.82, 2.24) is 15.3 Å². The molecule has 0 fully saturated rings. The number of hydrogen-bond donors (Lipinski definition) is 3. The topological polar surface area (TPSA) is 78.0 Å². The third kappa shape index (κ3) is 2.99. The van der Waals surface area contributed by atoms with E-state index in [4.69, 9.17) is 0 Å². The van der Waals surface area contributed by atoms with E-state index in [9.17, 15) is 9.90 Å². The summed E-state index contributed by atoms with van der Waals surface area (Å²) in [5, 5.41) is 12.5. The standard InChI is InChI=1S/C15H12IN3O2/c16-9-5-6-13(20)10(7-9)15(21)17-8-14-18-11-3-1-2-4-12(11)19-14/h1-7,20H,8H2,(H,17,21)(H,18,19). The highest BCUT2D eigenvalue weighted by molar-refractivity contribution is 14.1. The highest BCUT2D eigenvalue weighted by Crippen LogP contribution is 2.19. The minimum atomic E-state index is -0.327. The monoisotopic (exact) mass is 393 g/mol. The number of aromatic amines is 1. The number of halogens is 1. The van der Waals surface area contributed by atoms with Gasteiger partial charge in [-0.2, -0.15) is 0 Å². The number of carbonyl (C=O) groups is 1. The Kier molecular flexibility index (Phi) is 3.78. The van der Waals surface area contributed by atoms with Gasteiger partial charge in [-0.1, -0.05) is 12.1 Å². The number of nitrogens with zero attached hydrogens (tertiary/aromatic N) is 1. The maximum atomic E-state index is 12.1. The average molecular weight is 393 g/mol. The van der Waals surface area contributed by atoms with Crippen molar-refractivity contribution in [2.24, 2.45) is 0 Å². The summed E-state index contributed by atoms with van der Waals surface area (Å²) in [5.41, 5.74) is 2.05. The van der Waals surface area contributed by atoms with Crippen molar-refractivity contribution in [3.05, 3.63) is 57.4 Å². The molecule has 0 aliphatic rings. The van der Waals surface area contributed by atoms with Crippen LogP contribution in [0.15, 0.2) is 42.5 Å². The van der Waals surface area contributed by atoms with Gasteiger partial charge >= 0.3 is 0 Å². The van der Waals surface area contributed by atoms with E-state index in [1.54, 1.807) is 12.1 Å². The van der Waals surface area contributed by atoms with E-state index in [1.165, 1.54) is 6.07 Å². The van der Waals surface area contributed by atoms with Crippen molar-refractivity contribution >= 4 is 39.5 Å². The lowest BCUT2D eigenvalue weighted by atomic mass is 10.2. The number of benzene rings is 2. The first-order chi connectivity index (χ1) is 10.1. The molecule has 3 N–H and O–H groups in total. The molecule has 21 heavy (non-hydrogen) atoms. The molecule has 6 heteroatoms. The van der Waals surface area contributed by atoms with Gasteiger partial charge in [0, 0.05) is 3.57 Å². The Labute approximate surface area is 134 Å². The van der Waals surface area contributed by atoms with Gasteiger partial charge in [-0.05, 0) is 52.9 Å². The molecule has 0 unspecified atom stereocenters. The predicted molar refractivity (Wildman–Crippen MR) is 88.1 cm³/mol. The average Bonchev–Trinajstić information content (AvgIpc) is 2.90. The molecule has 5 nitrogen and oxygen atoms in total. The molecule has 3 aromatic rings. The first kappa shape index (κ1) is 13.9. The van der Waals surface area contributed by atoms with Crippen LogP contribution in [0, 0.1) is 3.57 Å². The summed E-state index contributed by atoms with van der Waals surface area (Å²) in [5.74, 6) is 0.318. The Hall–Kier alpha value is -2.09. The van der Waals surface area contributed by atoms with Crippen LogP contribution < -0.4 is 5.32 Å². The number of amides is 1. The second kappa shape index (κ2) is 5.72. The number of nitrogens with one attached hydrogen (secondary N) is 2. The van der Waals surface area contributed by atoms with Gasteiger partial charge in [-0.3, -0.25) is 4.79 Å². The zero-order valence-electron chi connectivity index (χ0n) is 10.9. The fraction of sp³-hybridized carbons (Fsp3) is 0.0667. The van der Waals surface area contributed by atoms with Gasteiger partial charge in [0.05, 0.1) is 23.1 Å². The minimum absolute atomic E-state index is 0.0301. The fourth-order valence-corrected chi connectivity index (χ4v) is 2.53. The van der Waals surface area contributed by atoms with Crippen LogP contribution in [-0.2, 0) is 6.54 Å². The van der Waals surface area contributed by atoms with Gasteiger partial charge in [-0.25, -0.2) is 4.98 Å². The molecule has 0 bridgehead atoms. The summed E-state index contributed by atoms with van der Waals surface area (Å²) < 4.78 is 0.888. The number of phenolic OH excluding ortho intramolecular Hbond substituents is 1. The Morgan fingerprint density at radius 1 is 1.29 bits per heavy atom.